The second kappa shape index (κ2) is 4.11. The van der Waals surface area contributed by atoms with Gasteiger partial charge in [0.15, 0.2) is 0 Å². The average Bonchev–Trinajstić information content (AvgIpc) is 2.85. The highest BCUT2D eigenvalue weighted by Crippen LogP contribution is 2.38. The van der Waals surface area contributed by atoms with Gasteiger partial charge in [0, 0.05) is 11.1 Å². The van der Waals surface area contributed by atoms with Crippen LogP contribution in [0.15, 0.2) is 12.3 Å². The fourth-order valence-corrected chi connectivity index (χ4v) is 2.36. The SMILES string of the molecule is NC(=O)c1cc(C(F)F)c2c(n1)CCc1cn[nH]c1-2. The Hall–Kier alpha value is -2.31. The highest BCUT2D eigenvalue weighted by Gasteiger charge is 2.27. The highest BCUT2D eigenvalue weighted by molar-refractivity contribution is 5.92. The number of aromatic amines is 1. The Morgan fingerprint density at radius 2 is 2.21 bits per heavy atom. The molecule has 0 bridgehead atoms. The first-order valence-electron chi connectivity index (χ1n) is 5.72. The van der Waals surface area contributed by atoms with Crippen LogP contribution in [0.5, 0.6) is 0 Å². The Morgan fingerprint density at radius 1 is 1.42 bits per heavy atom. The number of carbonyl (C=O) groups is 1. The van der Waals surface area contributed by atoms with E-state index < -0.39 is 12.3 Å². The van der Waals surface area contributed by atoms with Crippen LogP contribution in [-0.4, -0.2) is 21.1 Å². The van der Waals surface area contributed by atoms with Crippen molar-refractivity contribution < 1.29 is 13.6 Å². The first kappa shape index (κ1) is 11.8. The molecule has 0 atom stereocenters. The number of nitrogens with zero attached hydrogens (tertiary/aromatic N) is 2. The summed E-state index contributed by atoms with van der Waals surface area (Å²) < 4.78 is 26.4. The lowest BCUT2D eigenvalue weighted by Gasteiger charge is -2.19. The summed E-state index contributed by atoms with van der Waals surface area (Å²) in [5, 5.41) is 6.59. The molecule has 0 saturated carbocycles. The van der Waals surface area contributed by atoms with E-state index >= 15 is 0 Å². The van der Waals surface area contributed by atoms with E-state index in [9.17, 15) is 13.6 Å². The van der Waals surface area contributed by atoms with Crippen LogP contribution in [-0.2, 0) is 12.8 Å². The predicted octanol–water partition coefficient (Wildman–Crippen LogP) is 1.61. The summed E-state index contributed by atoms with van der Waals surface area (Å²) in [6.07, 6.45) is 0.0543. The Balaban J connectivity index is 2.29. The molecule has 3 N–H and O–H groups in total. The number of H-pyrrole nitrogens is 1. The van der Waals surface area contributed by atoms with Crippen LogP contribution in [0.25, 0.3) is 11.3 Å². The van der Waals surface area contributed by atoms with Crippen LogP contribution in [0, 0.1) is 0 Å². The average molecular weight is 264 g/mol. The molecule has 0 aliphatic heterocycles. The molecule has 0 aromatic carbocycles. The number of halogens is 2. The number of nitrogens with two attached hydrogens (primary N) is 1. The normalized spacial score (nSPS) is 13.2. The third-order valence-corrected chi connectivity index (χ3v) is 3.21. The molecule has 19 heavy (non-hydrogen) atoms. The van der Waals surface area contributed by atoms with Gasteiger partial charge in [0.25, 0.3) is 12.3 Å². The molecule has 7 heteroatoms. The van der Waals surface area contributed by atoms with Gasteiger partial charge in [-0.1, -0.05) is 0 Å². The van der Waals surface area contributed by atoms with Gasteiger partial charge < -0.3 is 5.73 Å². The fourth-order valence-electron chi connectivity index (χ4n) is 2.36. The summed E-state index contributed by atoms with van der Waals surface area (Å²) in [4.78, 5) is 15.2. The van der Waals surface area contributed by atoms with E-state index in [4.69, 9.17) is 5.73 Å². The number of carbonyl (C=O) groups excluding carboxylic acids is 1. The van der Waals surface area contributed by atoms with Crippen molar-refractivity contribution in [2.24, 2.45) is 5.73 Å². The van der Waals surface area contributed by atoms with E-state index in [0.29, 0.717) is 29.8 Å². The molecule has 3 rings (SSSR count). The molecular weight excluding hydrogens is 254 g/mol. The number of primary amides is 1. The zero-order valence-corrected chi connectivity index (χ0v) is 9.78. The van der Waals surface area contributed by atoms with E-state index in [1.807, 2.05) is 0 Å². The number of rotatable bonds is 2. The fraction of sp³-hybridized carbons (Fsp3) is 0.250. The third kappa shape index (κ3) is 1.78. The Bertz CT molecular complexity index is 666. The minimum atomic E-state index is -2.70. The van der Waals surface area contributed by atoms with Crippen molar-refractivity contribution in [3.63, 3.8) is 0 Å². The lowest BCUT2D eigenvalue weighted by atomic mass is 9.90. The zero-order chi connectivity index (χ0) is 13.6. The highest BCUT2D eigenvalue weighted by atomic mass is 19.3. The molecule has 0 fully saturated rings. The molecule has 0 spiro atoms. The van der Waals surface area contributed by atoms with Gasteiger partial charge in [-0.25, -0.2) is 13.8 Å². The monoisotopic (exact) mass is 264 g/mol. The first-order valence-corrected chi connectivity index (χ1v) is 5.72. The number of aromatic nitrogens is 3. The molecule has 5 nitrogen and oxygen atoms in total. The van der Waals surface area contributed by atoms with Gasteiger partial charge in [-0.3, -0.25) is 9.89 Å². The molecule has 98 valence electrons. The topological polar surface area (TPSA) is 84.7 Å². The number of nitrogens with one attached hydrogen (secondary N) is 1. The van der Waals surface area contributed by atoms with Crippen molar-refractivity contribution in [2.75, 3.05) is 0 Å². The van der Waals surface area contributed by atoms with Gasteiger partial charge in [0.05, 0.1) is 17.6 Å². The molecule has 2 aromatic heterocycles. The van der Waals surface area contributed by atoms with Gasteiger partial charge in [-0.15, -0.1) is 0 Å². The predicted molar refractivity (Wildman–Crippen MR) is 62.7 cm³/mol. The van der Waals surface area contributed by atoms with Crippen molar-refractivity contribution in [1.82, 2.24) is 15.2 Å². The summed E-state index contributed by atoms with van der Waals surface area (Å²) in [7, 11) is 0. The van der Waals surface area contributed by atoms with Crippen molar-refractivity contribution in [3.8, 4) is 11.3 Å². The first-order chi connectivity index (χ1) is 9.08. The Morgan fingerprint density at radius 3 is 2.89 bits per heavy atom. The van der Waals surface area contributed by atoms with Gasteiger partial charge in [-0.2, -0.15) is 5.10 Å². The molecule has 2 heterocycles. The minimum Gasteiger partial charge on any atom is -0.364 e. The lowest BCUT2D eigenvalue weighted by Crippen LogP contribution is -2.17. The molecule has 0 saturated heterocycles. The number of pyridine rings is 1. The Labute approximate surface area is 106 Å². The quantitative estimate of drug-likeness (QED) is 0.864. The molecular formula is C12H10F2N4O. The van der Waals surface area contributed by atoms with Crippen LogP contribution in [0.3, 0.4) is 0 Å². The maximum absolute atomic E-state index is 13.2. The van der Waals surface area contributed by atoms with E-state index in [2.05, 4.69) is 15.2 Å². The standard InChI is InChI=1S/C12H10F2N4O/c13-11(14)6-3-8(12(15)19)17-7-2-1-5-4-16-18-10(5)9(6)7/h3-4,11H,1-2H2,(H2,15,19)(H,16,18). The Kier molecular flexibility index (Phi) is 2.55. The van der Waals surface area contributed by atoms with Crippen LogP contribution < -0.4 is 5.73 Å². The zero-order valence-electron chi connectivity index (χ0n) is 9.78. The second-order valence-electron chi connectivity index (χ2n) is 4.35. The van der Waals surface area contributed by atoms with Crippen molar-refractivity contribution in [3.05, 3.63) is 34.8 Å². The van der Waals surface area contributed by atoms with E-state index in [0.717, 1.165) is 11.6 Å². The molecule has 1 aliphatic carbocycles. The summed E-state index contributed by atoms with van der Waals surface area (Å²) >= 11 is 0. The van der Waals surface area contributed by atoms with Crippen molar-refractivity contribution in [2.45, 2.75) is 19.3 Å². The summed E-state index contributed by atoms with van der Waals surface area (Å²) in [5.41, 5.74) is 7.00. The van der Waals surface area contributed by atoms with Crippen molar-refractivity contribution >= 4 is 5.91 Å². The third-order valence-electron chi connectivity index (χ3n) is 3.21. The van der Waals surface area contributed by atoms with Gasteiger partial charge in [-0.05, 0) is 24.5 Å². The van der Waals surface area contributed by atoms with Gasteiger partial charge in [0.2, 0.25) is 0 Å². The number of hydrogen-bond acceptors (Lipinski definition) is 3. The maximum atomic E-state index is 13.2. The number of fused-ring (bicyclic) bond motifs is 3. The smallest absolute Gasteiger partial charge is 0.267 e. The molecule has 2 aromatic rings. The molecule has 0 radical (unpaired) electrons. The van der Waals surface area contributed by atoms with E-state index in [-0.39, 0.29) is 11.3 Å². The van der Waals surface area contributed by atoms with Crippen LogP contribution in [0.2, 0.25) is 0 Å². The molecule has 0 unspecified atom stereocenters. The van der Waals surface area contributed by atoms with E-state index in [1.165, 1.54) is 0 Å². The second-order valence-corrected chi connectivity index (χ2v) is 4.35. The summed E-state index contributed by atoms with van der Waals surface area (Å²) in [5.74, 6) is -0.805. The lowest BCUT2D eigenvalue weighted by molar-refractivity contribution is 0.0994. The van der Waals surface area contributed by atoms with Crippen molar-refractivity contribution in [1.29, 1.82) is 0 Å². The summed E-state index contributed by atoms with van der Waals surface area (Å²) in [6.45, 7) is 0. The molecule has 1 aliphatic rings. The van der Waals surface area contributed by atoms with Gasteiger partial charge >= 0.3 is 0 Å². The van der Waals surface area contributed by atoms with Crippen LogP contribution in [0.1, 0.15) is 33.7 Å². The minimum absolute atomic E-state index is 0.128. The number of alkyl halides is 2. The maximum Gasteiger partial charge on any atom is 0.267 e. The largest absolute Gasteiger partial charge is 0.364 e. The molecule has 1 amide bonds. The number of hydrogen-bond donors (Lipinski definition) is 2. The van der Waals surface area contributed by atoms with Crippen LogP contribution in [0.4, 0.5) is 8.78 Å². The number of amides is 1. The van der Waals surface area contributed by atoms with Crippen LogP contribution >= 0.6 is 0 Å². The van der Waals surface area contributed by atoms with Gasteiger partial charge in [0.1, 0.15) is 5.69 Å². The van der Waals surface area contributed by atoms with E-state index in [1.54, 1.807) is 6.20 Å². The number of aryl methyl sites for hydroxylation is 2. The summed E-state index contributed by atoms with van der Waals surface area (Å²) in [6, 6.07) is 1.06.